The molecule has 1 aliphatic rings. The van der Waals surface area contributed by atoms with Crippen molar-refractivity contribution in [1.29, 1.82) is 0 Å². The predicted molar refractivity (Wildman–Crippen MR) is 53.8 cm³/mol. The molecule has 0 amide bonds. The molecule has 0 radical (unpaired) electrons. The summed E-state index contributed by atoms with van der Waals surface area (Å²) in [6, 6.07) is 0. The van der Waals surface area contributed by atoms with Crippen LogP contribution in [-0.2, 0) is 14.3 Å². The van der Waals surface area contributed by atoms with Crippen molar-refractivity contribution < 1.29 is 14.3 Å². The fourth-order valence-corrected chi connectivity index (χ4v) is 1.59. The summed E-state index contributed by atoms with van der Waals surface area (Å²) < 4.78 is 10.6. The molecule has 1 heterocycles. The predicted octanol–water partition coefficient (Wildman–Crippen LogP) is 1.70. The van der Waals surface area contributed by atoms with E-state index in [1.54, 1.807) is 20.1 Å². The van der Waals surface area contributed by atoms with Gasteiger partial charge < -0.3 is 9.47 Å². The standard InChI is InChI=1S/C11H16O3/c1-5-9(13-4)11-8(3)10(12)7(2)6-14-11/h5-6,8-9,11H,1H2,2-4H3/t8-,9?,11+/m1/s1. The Bertz CT molecular complexity index is 268. The minimum atomic E-state index is -0.256. The molecule has 0 spiro atoms. The van der Waals surface area contributed by atoms with Crippen LogP contribution in [0.25, 0.3) is 0 Å². The second-order valence-corrected chi connectivity index (χ2v) is 3.49. The van der Waals surface area contributed by atoms with Crippen LogP contribution in [0.5, 0.6) is 0 Å². The molecule has 0 N–H and O–H groups in total. The number of carbonyl (C=O) groups is 1. The lowest BCUT2D eigenvalue weighted by atomic mass is 9.90. The van der Waals surface area contributed by atoms with Gasteiger partial charge in [-0.1, -0.05) is 13.0 Å². The van der Waals surface area contributed by atoms with Gasteiger partial charge in [-0.2, -0.15) is 0 Å². The largest absolute Gasteiger partial charge is 0.494 e. The van der Waals surface area contributed by atoms with E-state index in [1.807, 2.05) is 6.92 Å². The molecule has 0 bridgehead atoms. The first-order valence-corrected chi connectivity index (χ1v) is 4.63. The van der Waals surface area contributed by atoms with Crippen molar-refractivity contribution in [1.82, 2.24) is 0 Å². The number of methoxy groups -OCH3 is 1. The van der Waals surface area contributed by atoms with Gasteiger partial charge in [-0.3, -0.25) is 4.79 Å². The number of rotatable bonds is 3. The van der Waals surface area contributed by atoms with E-state index >= 15 is 0 Å². The van der Waals surface area contributed by atoms with Crippen molar-refractivity contribution in [2.75, 3.05) is 7.11 Å². The summed E-state index contributed by atoms with van der Waals surface area (Å²) in [5.41, 5.74) is 0.660. The van der Waals surface area contributed by atoms with E-state index < -0.39 is 0 Å². The van der Waals surface area contributed by atoms with E-state index in [-0.39, 0.29) is 23.9 Å². The molecule has 1 aliphatic heterocycles. The molecule has 3 atom stereocenters. The van der Waals surface area contributed by atoms with Crippen molar-refractivity contribution in [2.24, 2.45) is 5.92 Å². The van der Waals surface area contributed by atoms with Crippen LogP contribution in [0.4, 0.5) is 0 Å². The lowest BCUT2D eigenvalue weighted by Crippen LogP contribution is -2.40. The molecule has 0 aromatic carbocycles. The number of Topliss-reactive ketones (excluding diaryl/α,β-unsaturated/α-hetero) is 1. The quantitative estimate of drug-likeness (QED) is 0.644. The average molecular weight is 196 g/mol. The smallest absolute Gasteiger partial charge is 0.168 e. The first-order valence-electron chi connectivity index (χ1n) is 4.63. The number of carbonyl (C=O) groups excluding carboxylic acids is 1. The third-order valence-corrected chi connectivity index (χ3v) is 2.53. The highest BCUT2D eigenvalue weighted by molar-refractivity contribution is 5.97. The zero-order valence-corrected chi connectivity index (χ0v) is 8.82. The molecule has 14 heavy (non-hydrogen) atoms. The van der Waals surface area contributed by atoms with Gasteiger partial charge in [0, 0.05) is 12.7 Å². The topological polar surface area (TPSA) is 35.5 Å². The van der Waals surface area contributed by atoms with Crippen LogP contribution in [0.15, 0.2) is 24.5 Å². The van der Waals surface area contributed by atoms with Crippen molar-refractivity contribution in [2.45, 2.75) is 26.1 Å². The maximum atomic E-state index is 11.6. The van der Waals surface area contributed by atoms with Gasteiger partial charge in [0.2, 0.25) is 0 Å². The molecule has 1 rings (SSSR count). The molecule has 3 nitrogen and oxygen atoms in total. The van der Waals surface area contributed by atoms with Gasteiger partial charge >= 0.3 is 0 Å². The van der Waals surface area contributed by atoms with E-state index in [2.05, 4.69) is 6.58 Å². The Labute approximate surface area is 84.4 Å². The van der Waals surface area contributed by atoms with Crippen LogP contribution in [0, 0.1) is 5.92 Å². The molecule has 0 aromatic heterocycles. The minimum absolute atomic E-state index is 0.116. The Hall–Kier alpha value is -1.09. The Balaban J connectivity index is 2.83. The summed E-state index contributed by atoms with van der Waals surface area (Å²) in [6.45, 7) is 7.25. The van der Waals surface area contributed by atoms with Gasteiger partial charge in [0.05, 0.1) is 12.2 Å². The molecular formula is C11H16O3. The summed E-state index contributed by atoms with van der Waals surface area (Å²) >= 11 is 0. The van der Waals surface area contributed by atoms with Crippen molar-refractivity contribution >= 4 is 5.78 Å². The Morgan fingerprint density at radius 2 is 2.36 bits per heavy atom. The van der Waals surface area contributed by atoms with E-state index in [0.29, 0.717) is 5.57 Å². The van der Waals surface area contributed by atoms with Crippen molar-refractivity contribution in [3.05, 3.63) is 24.5 Å². The first-order chi connectivity index (χ1) is 6.61. The van der Waals surface area contributed by atoms with Gasteiger partial charge in [0.25, 0.3) is 0 Å². The number of ketones is 1. The lowest BCUT2D eigenvalue weighted by Gasteiger charge is -2.31. The lowest BCUT2D eigenvalue weighted by molar-refractivity contribution is -0.128. The minimum Gasteiger partial charge on any atom is -0.494 e. The van der Waals surface area contributed by atoms with E-state index in [1.165, 1.54) is 6.26 Å². The fourth-order valence-electron chi connectivity index (χ4n) is 1.59. The molecule has 0 saturated carbocycles. The highest BCUT2D eigenvalue weighted by Crippen LogP contribution is 2.24. The number of allylic oxidation sites excluding steroid dienone is 1. The maximum Gasteiger partial charge on any atom is 0.168 e. The molecule has 3 heteroatoms. The molecule has 78 valence electrons. The van der Waals surface area contributed by atoms with Crippen molar-refractivity contribution in [3.8, 4) is 0 Å². The monoisotopic (exact) mass is 196 g/mol. The fraction of sp³-hybridized carbons (Fsp3) is 0.545. The van der Waals surface area contributed by atoms with E-state index in [4.69, 9.17) is 9.47 Å². The summed E-state index contributed by atoms with van der Waals surface area (Å²) in [4.78, 5) is 11.6. The Morgan fingerprint density at radius 1 is 1.71 bits per heavy atom. The van der Waals surface area contributed by atoms with E-state index in [0.717, 1.165) is 0 Å². The van der Waals surface area contributed by atoms with Crippen LogP contribution in [0.2, 0.25) is 0 Å². The van der Waals surface area contributed by atoms with Crippen molar-refractivity contribution in [3.63, 3.8) is 0 Å². The first kappa shape index (κ1) is 11.0. The van der Waals surface area contributed by atoms with Gasteiger partial charge in [-0.15, -0.1) is 6.58 Å². The third kappa shape index (κ3) is 1.87. The van der Waals surface area contributed by atoms with Gasteiger partial charge in [0.15, 0.2) is 5.78 Å². The van der Waals surface area contributed by atoms with Crippen LogP contribution in [-0.4, -0.2) is 25.1 Å². The summed E-state index contributed by atoms with van der Waals surface area (Å²) in [6.07, 6.45) is 2.66. The Kier molecular flexibility index (Phi) is 3.47. The summed E-state index contributed by atoms with van der Waals surface area (Å²) in [7, 11) is 1.58. The Morgan fingerprint density at radius 3 is 2.86 bits per heavy atom. The van der Waals surface area contributed by atoms with Crippen LogP contribution >= 0.6 is 0 Å². The SMILES string of the molecule is C=CC(OC)[C@H]1OC=C(C)C(=O)[C@H]1C. The molecule has 0 aromatic rings. The maximum absolute atomic E-state index is 11.6. The number of hydrogen-bond donors (Lipinski definition) is 0. The highest BCUT2D eigenvalue weighted by atomic mass is 16.5. The zero-order chi connectivity index (χ0) is 10.7. The summed E-state index contributed by atoms with van der Waals surface area (Å²) in [5.74, 6) is -0.0619. The molecule has 0 saturated heterocycles. The molecule has 1 unspecified atom stereocenters. The van der Waals surface area contributed by atoms with Crippen LogP contribution < -0.4 is 0 Å². The summed E-state index contributed by atoms with van der Waals surface area (Å²) in [5, 5.41) is 0. The second kappa shape index (κ2) is 4.42. The number of ether oxygens (including phenoxy) is 2. The normalized spacial score (nSPS) is 29.1. The van der Waals surface area contributed by atoms with Crippen LogP contribution in [0.3, 0.4) is 0 Å². The average Bonchev–Trinajstić information content (AvgIpc) is 2.19. The van der Waals surface area contributed by atoms with Gasteiger partial charge in [-0.05, 0) is 6.92 Å². The van der Waals surface area contributed by atoms with Crippen LogP contribution in [0.1, 0.15) is 13.8 Å². The number of hydrogen-bond acceptors (Lipinski definition) is 3. The molecular weight excluding hydrogens is 180 g/mol. The molecule has 0 aliphatic carbocycles. The van der Waals surface area contributed by atoms with Gasteiger partial charge in [0.1, 0.15) is 12.2 Å². The molecule has 0 fully saturated rings. The second-order valence-electron chi connectivity index (χ2n) is 3.49. The highest BCUT2D eigenvalue weighted by Gasteiger charge is 2.34. The van der Waals surface area contributed by atoms with Gasteiger partial charge in [-0.25, -0.2) is 0 Å². The zero-order valence-electron chi connectivity index (χ0n) is 8.82. The van der Waals surface area contributed by atoms with E-state index in [9.17, 15) is 4.79 Å². The third-order valence-electron chi connectivity index (χ3n) is 2.53.